The normalized spacial score (nSPS) is 10.9. The van der Waals surface area contributed by atoms with E-state index in [0.29, 0.717) is 11.1 Å². The zero-order chi connectivity index (χ0) is 26.9. The average molecular weight is 1140 g/mol. The van der Waals surface area contributed by atoms with Gasteiger partial charge in [-0.25, -0.2) is 9.59 Å². The van der Waals surface area contributed by atoms with E-state index in [0.717, 1.165) is 55.9 Å². The second kappa shape index (κ2) is 13.8. The van der Waals surface area contributed by atoms with Crippen molar-refractivity contribution in [2.45, 2.75) is 13.2 Å². The lowest BCUT2D eigenvalue weighted by Gasteiger charge is -2.14. The van der Waals surface area contributed by atoms with E-state index in [1.807, 2.05) is 0 Å². The molecule has 0 aliphatic rings. The van der Waals surface area contributed by atoms with Crippen LogP contribution < -0.4 is 0 Å². The van der Waals surface area contributed by atoms with E-state index < -0.39 is 11.9 Å². The molecule has 0 saturated carbocycles. The van der Waals surface area contributed by atoms with Gasteiger partial charge in [0, 0.05) is 55.9 Å². The Balaban J connectivity index is 1.68. The number of halogens is 10. The van der Waals surface area contributed by atoms with Crippen LogP contribution in [0.2, 0.25) is 0 Å². The molecule has 0 saturated heterocycles. The number of benzene rings is 3. The van der Waals surface area contributed by atoms with Crippen LogP contribution in [0.5, 0.6) is 0 Å². The molecule has 0 unspecified atom stereocenters. The van der Waals surface area contributed by atoms with Crippen LogP contribution in [0.4, 0.5) is 0 Å². The molecular formula is C22H8Br10O4. The van der Waals surface area contributed by atoms with Crippen LogP contribution in [0.25, 0.3) is 0 Å². The number of carbonyl (C=O) groups is 2. The van der Waals surface area contributed by atoms with Gasteiger partial charge in [-0.05, 0) is 184 Å². The van der Waals surface area contributed by atoms with Crippen LogP contribution in [0.1, 0.15) is 31.8 Å². The summed E-state index contributed by atoms with van der Waals surface area (Å²) in [5.74, 6) is -1.05. The molecule has 0 spiro atoms. The van der Waals surface area contributed by atoms with Crippen molar-refractivity contribution in [3.05, 3.63) is 91.2 Å². The van der Waals surface area contributed by atoms with Crippen LogP contribution in [0.15, 0.2) is 69.0 Å². The van der Waals surface area contributed by atoms with E-state index in [4.69, 9.17) is 9.47 Å². The fraction of sp³-hybridized carbons (Fsp3) is 0.0909. The molecule has 0 atom stereocenters. The summed E-state index contributed by atoms with van der Waals surface area (Å²) >= 11 is 35.0. The monoisotopic (exact) mass is 1130 g/mol. The maximum absolute atomic E-state index is 12.6. The standard InChI is InChI=1S/C22H8Br10O4/c23-11-9(12(24)16(28)19(31)15(11)27)5-35-21(33)7-1-2-8(4-3-7)22(34)36-6-10-13(25)17(29)20(32)18(30)14(10)26/h1-4H,5-6H2. The van der Waals surface area contributed by atoms with Crippen molar-refractivity contribution in [1.82, 2.24) is 0 Å². The van der Waals surface area contributed by atoms with Gasteiger partial charge in [0.25, 0.3) is 0 Å². The molecule has 3 aromatic rings. The summed E-state index contributed by atoms with van der Waals surface area (Å²) in [7, 11) is 0. The summed E-state index contributed by atoms with van der Waals surface area (Å²) in [5, 5.41) is 0. The van der Waals surface area contributed by atoms with Gasteiger partial charge in [-0.2, -0.15) is 0 Å². The molecule has 0 heterocycles. The van der Waals surface area contributed by atoms with E-state index in [-0.39, 0.29) is 13.2 Å². The molecule has 3 rings (SSSR count). The van der Waals surface area contributed by atoms with Gasteiger partial charge in [0.05, 0.1) is 11.1 Å². The van der Waals surface area contributed by atoms with Crippen LogP contribution in [0.3, 0.4) is 0 Å². The zero-order valence-corrected chi connectivity index (χ0v) is 33.0. The topological polar surface area (TPSA) is 52.6 Å². The van der Waals surface area contributed by atoms with Crippen molar-refractivity contribution in [2.24, 2.45) is 0 Å². The van der Waals surface area contributed by atoms with Gasteiger partial charge >= 0.3 is 11.9 Å². The summed E-state index contributed by atoms with van der Waals surface area (Å²) in [6.45, 7) is 0.0483. The number of hydrogen-bond donors (Lipinski definition) is 0. The summed E-state index contributed by atoms with van der Waals surface area (Å²) in [6.07, 6.45) is 0. The Kier molecular flexibility index (Phi) is 12.3. The highest BCUT2D eigenvalue weighted by Crippen LogP contribution is 2.46. The minimum atomic E-state index is -0.527. The molecule has 190 valence electrons. The maximum atomic E-state index is 12.6. The second-order valence-corrected chi connectivity index (χ2v) is 14.8. The Bertz CT molecular complexity index is 1210. The predicted octanol–water partition coefficient (Wildman–Crippen LogP) is 12.0. The van der Waals surface area contributed by atoms with Crippen molar-refractivity contribution in [1.29, 1.82) is 0 Å². The van der Waals surface area contributed by atoms with Crippen molar-refractivity contribution >= 4 is 171 Å². The first kappa shape index (κ1) is 31.9. The molecular weight excluding hydrogens is 1130 g/mol. The van der Waals surface area contributed by atoms with Crippen LogP contribution >= 0.6 is 159 Å². The number of hydrogen-bond acceptors (Lipinski definition) is 4. The van der Waals surface area contributed by atoms with E-state index in [1.54, 1.807) is 0 Å². The lowest BCUT2D eigenvalue weighted by Crippen LogP contribution is -2.09. The van der Waals surface area contributed by atoms with Crippen LogP contribution in [-0.4, -0.2) is 11.9 Å². The molecule has 0 aliphatic heterocycles. The third kappa shape index (κ3) is 6.99. The number of rotatable bonds is 6. The predicted molar refractivity (Wildman–Crippen MR) is 175 cm³/mol. The Hall–Kier alpha value is 1.40. The van der Waals surface area contributed by atoms with E-state index in [9.17, 15) is 9.59 Å². The average Bonchev–Trinajstić information content (AvgIpc) is 2.88. The summed E-state index contributed by atoms with van der Waals surface area (Å²) in [4.78, 5) is 25.2. The first-order valence-electron chi connectivity index (χ1n) is 9.31. The highest BCUT2D eigenvalue weighted by molar-refractivity contribution is 9.16. The van der Waals surface area contributed by atoms with Gasteiger partial charge < -0.3 is 9.47 Å². The van der Waals surface area contributed by atoms with Crippen molar-refractivity contribution in [3.8, 4) is 0 Å². The molecule has 0 aliphatic carbocycles. The minimum absolute atomic E-state index is 0.0241. The first-order chi connectivity index (χ1) is 16.9. The van der Waals surface area contributed by atoms with Gasteiger partial charge in [0.1, 0.15) is 13.2 Å². The molecule has 4 nitrogen and oxygen atoms in total. The Labute approximate surface area is 290 Å². The van der Waals surface area contributed by atoms with Gasteiger partial charge in [-0.3, -0.25) is 0 Å². The van der Waals surface area contributed by atoms with Crippen molar-refractivity contribution < 1.29 is 19.1 Å². The molecule has 0 N–H and O–H groups in total. The van der Waals surface area contributed by atoms with Gasteiger partial charge in [0.15, 0.2) is 0 Å². The SMILES string of the molecule is O=C(OCc1c(Br)c(Br)c(Br)c(Br)c1Br)c1ccc(C(=O)OCc2c(Br)c(Br)c(Br)c(Br)c2Br)cc1. The van der Waals surface area contributed by atoms with Gasteiger partial charge in [-0.15, -0.1) is 0 Å². The maximum Gasteiger partial charge on any atom is 0.338 e. The fourth-order valence-corrected chi connectivity index (χ4v) is 9.45. The largest absolute Gasteiger partial charge is 0.457 e. The molecule has 0 aromatic heterocycles. The Morgan fingerprint density at radius 2 is 0.667 bits per heavy atom. The molecule has 36 heavy (non-hydrogen) atoms. The quantitative estimate of drug-likeness (QED) is 0.140. The second-order valence-electron chi connectivity index (χ2n) is 6.83. The Morgan fingerprint density at radius 3 is 0.917 bits per heavy atom. The van der Waals surface area contributed by atoms with Crippen molar-refractivity contribution in [2.75, 3.05) is 0 Å². The smallest absolute Gasteiger partial charge is 0.338 e. The summed E-state index contributed by atoms with van der Waals surface area (Å²) < 4.78 is 18.8. The molecule has 3 aromatic carbocycles. The first-order valence-corrected chi connectivity index (χ1v) is 17.2. The highest BCUT2D eigenvalue weighted by atomic mass is 79.9. The zero-order valence-electron chi connectivity index (χ0n) is 17.1. The molecule has 0 bridgehead atoms. The van der Waals surface area contributed by atoms with E-state index >= 15 is 0 Å². The third-order valence-corrected chi connectivity index (χ3v) is 17.2. The molecule has 0 radical (unpaired) electrons. The van der Waals surface area contributed by atoms with E-state index in [2.05, 4.69) is 159 Å². The highest BCUT2D eigenvalue weighted by Gasteiger charge is 2.21. The Morgan fingerprint density at radius 1 is 0.444 bits per heavy atom. The van der Waals surface area contributed by atoms with Crippen molar-refractivity contribution in [3.63, 3.8) is 0 Å². The van der Waals surface area contributed by atoms with Crippen LogP contribution in [0, 0.1) is 0 Å². The lowest BCUT2D eigenvalue weighted by atomic mass is 10.1. The van der Waals surface area contributed by atoms with E-state index in [1.165, 1.54) is 24.3 Å². The van der Waals surface area contributed by atoms with Gasteiger partial charge in [0.2, 0.25) is 0 Å². The number of ether oxygens (including phenoxy) is 2. The molecule has 0 amide bonds. The summed E-state index contributed by atoms with van der Waals surface area (Å²) in [5.41, 5.74) is 2.10. The molecule has 14 heteroatoms. The fourth-order valence-electron chi connectivity index (χ4n) is 2.74. The lowest BCUT2D eigenvalue weighted by molar-refractivity contribution is 0.0457. The van der Waals surface area contributed by atoms with Gasteiger partial charge in [-0.1, -0.05) is 0 Å². The molecule has 0 fully saturated rings. The van der Waals surface area contributed by atoms with Crippen LogP contribution in [-0.2, 0) is 22.7 Å². The summed E-state index contributed by atoms with van der Waals surface area (Å²) in [6, 6.07) is 6.09. The third-order valence-electron chi connectivity index (χ3n) is 4.65. The number of esters is 2. The minimum Gasteiger partial charge on any atom is -0.457 e. The number of carbonyl (C=O) groups excluding carboxylic acids is 2.